The molecule has 1 aliphatic rings. The molecule has 190 valence electrons. The van der Waals surface area contributed by atoms with Crippen LogP contribution in [0.2, 0.25) is 0 Å². The predicted octanol–water partition coefficient (Wildman–Crippen LogP) is 3.84. The highest BCUT2D eigenvalue weighted by molar-refractivity contribution is 14.1. The van der Waals surface area contributed by atoms with E-state index in [1.54, 1.807) is 6.20 Å². The largest absolute Gasteiger partial charge is 0.465 e. The van der Waals surface area contributed by atoms with Crippen molar-refractivity contribution >= 4 is 68.3 Å². The number of nitrogens with one attached hydrogen (secondary N) is 2. The van der Waals surface area contributed by atoms with E-state index in [2.05, 4.69) is 58.0 Å². The Morgan fingerprint density at radius 2 is 1.94 bits per heavy atom. The molecular formula is C24H28IN7O3S. The van der Waals surface area contributed by atoms with Crippen molar-refractivity contribution < 1.29 is 14.3 Å². The topological polar surface area (TPSA) is 113 Å². The van der Waals surface area contributed by atoms with Crippen LogP contribution in [-0.2, 0) is 9.53 Å². The number of aryl methyl sites for hydroxylation is 2. The van der Waals surface area contributed by atoms with Crippen LogP contribution < -0.4 is 15.5 Å². The Kier molecular flexibility index (Phi) is 8.69. The summed E-state index contributed by atoms with van der Waals surface area (Å²) in [5.41, 5.74) is 1.81. The second-order valence-electron chi connectivity index (χ2n) is 8.27. The summed E-state index contributed by atoms with van der Waals surface area (Å²) in [7, 11) is 0. The maximum atomic E-state index is 12.8. The Balaban J connectivity index is 1.39. The molecule has 0 saturated carbocycles. The minimum Gasteiger partial charge on any atom is -0.465 e. The smallest absolute Gasteiger partial charge is 0.320 e. The molecule has 1 aliphatic heterocycles. The number of rotatable bonds is 8. The number of nitrogens with zero attached hydrogens (tertiary/aromatic N) is 5. The van der Waals surface area contributed by atoms with E-state index >= 15 is 0 Å². The van der Waals surface area contributed by atoms with Crippen LogP contribution in [0.3, 0.4) is 0 Å². The van der Waals surface area contributed by atoms with Gasteiger partial charge in [-0.3, -0.25) is 14.5 Å². The van der Waals surface area contributed by atoms with Crippen molar-refractivity contribution in [2.24, 2.45) is 0 Å². The highest BCUT2D eigenvalue weighted by atomic mass is 127. The van der Waals surface area contributed by atoms with Crippen molar-refractivity contribution in [2.75, 3.05) is 54.9 Å². The number of anilines is 4. The van der Waals surface area contributed by atoms with Gasteiger partial charge < -0.3 is 20.3 Å². The number of aromatic nitrogens is 3. The average Bonchev–Trinajstić information content (AvgIpc) is 3.30. The molecule has 4 rings (SSSR count). The Morgan fingerprint density at radius 3 is 2.67 bits per heavy atom. The molecule has 1 aromatic carbocycles. The molecule has 0 aliphatic carbocycles. The van der Waals surface area contributed by atoms with E-state index in [4.69, 9.17) is 4.74 Å². The lowest BCUT2D eigenvalue weighted by Gasteiger charge is -2.34. The van der Waals surface area contributed by atoms with E-state index in [-0.39, 0.29) is 11.9 Å². The Hall–Kier alpha value is -2.84. The van der Waals surface area contributed by atoms with Crippen molar-refractivity contribution in [3.8, 4) is 0 Å². The summed E-state index contributed by atoms with van der Waals surface area (Å²) in [5, 5.41) is 6.77. The molecule has 0 atom stereocenters. The van der Waals surface area contributed by atoms with E-state index in [0.717, 1.165) is 46.8 Å². The van der Waals surface area contributed by atoms with Gasteiger partial charge in [0, 0.05) is 35.8 Å². The summed E-state index contributed by atoms with van der Waals surface area (Å²) in [5.74, 6) is 1.66. The number of esters is 1. The van der Waals surface area contributed by atoms with Gasteiger partial charge in [-0.15, -0.1) is 0 Å². The van der Waals surface area contributed by atoms with Crippen molar-refractivity contribution in [1.82, 2.24) is 19.9 Å². The van der Waals surface area contributed by atoms with E-state index < -0.39 is 0 Å². The van der Waals surface area contributed by atoms with Gasteiger partial charge in [-0.1, -0.05) is 23.5 Å². The number of benzene rings is 1. The second kappa shape index (κ2) is 11.9. The first-order valence-electron chi connectivity index (χ1n) is 11.6. The van der Waals surface area contributed by atoms with E-state index in [9.17, 15) is 9.59 Å². The molecule has 0 spiro atoms. The highest BCUT2D eigenvalue weighted by Crippen LogP contribution is 2.27. The number of hydrogen-bond donors (Lipinski definition) is 2. The number of amides is 1. The summed E-state index contributed by atoms with van der Waals surface area (Å²) >= 11 is 3.47. The van der Waals surface area contributed by atoms with Gasteiger partial charge in [-0.25, -0.2) is 15.0 Å². The second-order valence-corrected chi connectivity index (χ2v) is 10.5. The molecule has 12 heteroatoms. The third-order valence-corrected chi connectivity index (χ3v) is 7.41. The maximum Gasteiger partial charge on any atom is 0.320 e. The first kappa shape index (κ1) is 26.2. The molecular weight excluding hydrogens is 593 g/mol. The molecule has 0 unspecified atom stereocenters. The number of halogens is 1. The quantitative estimate of drug-likeness (QED) is 0.286. The van der Waals surface area contributed by atoms with Gasteiger partial charge >= 0.3 is 5.97 Å². The normalized spacial score (nSPS) is 13.9. The van der Waals surface area contributed by atoms with Crippen molar-refractivity contribution in [2.45, 2.75) is 20.8 Å². The minimum absolute atomic E-state index is 0.194. The van der Waals surface area contributed by atoms with Gasteiger partial charge in [0.1, 0.15) is 22.3 Å². The SMILES string of the molecule is CCOC(=O)CN1CCN(c2cc(Nc3ncc(C(=O)Nc4c(C)cccc4I)s3)nc(C)n2)CC1. The van der Waals surface area contributed by atoms with Crippen LogP contribution in [-0.4, -0.2) is 71.1 Å². The van der Waals surface area contributed by atoms with Gasteiger partial charge in [0.25, 0.3) is 5.91 Å². The third kappa shape index (κ3) is 6.68. The van der Waals surface area contributed by atoms with Crippen LogP contribution in [0.5, 0.6) is 0 Å². The van der Waals surface area contributed by atoms with Crippen LogP contribution in [0.4, 0.5) is 22.5 Å². The number of carbonyl (C=O) groups is 2. The fourth-order valence-electron chi connectivity index (χ4n) is 3.81. The monoisotopic (exact) mass is 621 g/mol. The summed E-state index contributed by atoms with van der Waals surface area (Å²) in [4.78, 5) is 42.8. The van der Waals surface area contributed by atoms with Crippen molar-refractivity contribution in [3.05, 3.63) is 50.3 Å². The fourth-order valence-corrected chi connectivity index (χ4v) is 5.30. The molecule has 2 aromatic heterocycles. The van der Waals surface area contributed by atoms with Crippen LogP contribution in [0.15, 0.2) is 30.5 Å². The lowest BCUT2D eigenvalue weighted by molar-refractivity contribution is -0.144. The summed E-state index contributed by atoms with van der Waals surface area (Å²) in [6.45, 7) is 9.30. The van der Waals surface area contributed by atoms with Crippen LogP contribution in [0, 0.1) is 17.4 Å². The molecule has 1 amide bonds. The number of hydrogen-bond acceptors (Lipinski definition) is 10. The Morgan fingerprint density at radius 1 is 1.17 bits per heavy atom. The summed E-state index contributed by atoms with van der Waals surface area (Å²) < 4.78 is 6.03. The zero-order valence-electron chi connectivity index (χ0n) is 20.4. The maximum absolute atomic E-state index is 12.8. The van der Waals surface area contributed by atoms with Gasteiger partial charge in [0.05, 0.1) is 25.0 Å². The molecule has 3 heterocycles. The highest BCUT2D eigenvalue weighted by Gasteiger charge is 2.21. The third-order valence-electron chi connectivity index (χ3n) is 5.60. The van der Waals surface area contributed by atoms with Crippen molar-refractivity contribution in [3.63, 3.8) is 0 Å². The first-order chi connectivity index (χ1) is 17.3. The molecule has 2 N–H and O–H groups in total. The Labute approximate surface area is 227 Å². The molecule has 3 aromatic rings. The van der Waals surface area contributed by atoms with E-state index in [1.807, 2.05) is 45.0 Å². The van der Waals surface area contributed by atoms with Crippen LogP contribution in [0.25, 0.3) is 0 Å². The lowest BCUT2D eigenvalue weighted by Crippen LogP contribution is -2.48. The number of para-hydroxylation sites is 1. The van der Waals surface area contributed by atoms with Gasteiger partial charge in [0.15, 0.2) is 5.13 Å². The van der Waals surface area contributed by atoms with E-state index in [0.29, 0.717) is 34.8 Å². The molecule has 0 bridgehead atoms. The fraction of sp³-hybridized carbons (Fsp3) is 0.375. The number of piperazine rings is 1. The first-order valence-corrected chi connectivity index (χ1v) is 13.5. The lowest BCUT2D eigenvalue weighted by atomic mass is 10.2. The van der Waals surface area contributed by atoms with Gasteiger partial charge in [-0.2, -0.15) is 0 Å². The van der Waals surface area contributed by atoms with Crippen LogP contribution in [0.1, 0.15) is 28.0 Å². The molecule has 36 heavy (non-hydrogen) atoms. The summed E-state index contributed by atoms with van der Waals surface area (Å²) in [6.07, 6.45) is 1.56. The Bertz CT molecular complexity index is 1220. The number of carbonyl (C=O) groups excluding carboxylic acids is 2. The zero-order valence-corrected chi connectivity index (χ0v) is 23.4. The van der Waals surface area contributed by atoms with Crippen molar-refractivity contribution in [1.29, 1.82) is 0 Å². The summed E-state index contributed by atoms with van der Waals surface area (Å²) in [6, 6.07) is 7.76. The standard InChI is InChI=1S/C24H28IN7O3S/c1-4-35-21(33)14-31-8-10-32(11-9-31)20-12-19(27-16(3)28-20)29-24-26-13-18(36-24)23(34)30-22-15(2)6-5-7-17(22)25/h5-7,12-13H,4,8-11,14H2,1-3H3,(H,30,34)(H,26,27,28,29). The minimum atomic E-state index is -0.201. The average molecular weight is 622 g/mol. The van der Waals surface area contributed by atoms with Gasteiger partial charge in [-0.05, 0) is 55.0 Å². The number of ether oxygens (including phenoxy) is 1. The molecule has 1 fully saturated rings. The molecule has 1 saturated heterocycles. The predicted molar refractivity (Wildman–Crippen MR) is 149 cm³/mol. The number of thiazole rings is 1. The van der Waals surface area contributed by atoms with E-state index in [1.165, 1.54) is 11.3 Å². The molecule has 10 nitrogen and oxygen atoms in total. The zero-order chi connectivity index (χ0) is 25.7. The van der Waals surface area contributed by atoms with Crippen LogP contribution >= 0.6 is 33.9 Å². The molecule has 0 radical (unpaired) electrons. The van der Waals surface area contributed by atoms with Gasteiger partial charge in [0.2, 0.25) is 0 Å².